The van der Waals surface area contributed by atoms with Crippen LogP contribution in [0.4, 0.5) is 16.2 Å². The maximum Gasteiger partial charge on any atom is 0.292 e. The predicted molar refractivity (Wildman–Crippen MR) is 140 cm³/mol. The van der Waals surface area contributed by atoms with Gasteiger partial charge in [0.1, 0.15) is 0 Å². The Morgan fingerprint density at radius 2 is 1.67 bits per heavy atom. The third kappa shape index (κ3) is 5.11. The van der Waals surface area contributed by atoms with Crippen molar-refractivity contribution in [3.8, 4) is 0 Å². The fraction of sp³-hybridized carbons (Fsp3) is 0.222. The molecule has 9 heteroatoms. The van der Waals surface area contributed by atoms with Crippen LogP contribution < -0.4 is 4.90 Å². The van der Waals surface area contributed by atoms with Crippen LogP contribution in [0.1, 0.15) is 22.3 Å². The smallest absolute Gasteiger partial charge is 0.292 e. The van der Waals surface area contributed by atoms with Crippen molar-refractivity contribution in [2.75, 3.05) is 24.7 Å². The van der Waals surface area contributed by atoms with E-state index in [4.69, 9.17) is 16.3 Å². The molecule has 184 valence electrons. The van der Waals surface area contributed by atoms with E-state index < -0.39 is 6.23 Å². The van der Waals surface area contributed by atoms with Crippen molar-refractivity contribution in [1.29, 1.82) is 0 Å². The number of amides is 2. The molecule has 36 heavy (non-hydrogen) atoms. The molecule has 3 aromatic carbocycles. The molecular formula is C27H24ClN3O4S. The number of hydrogen-bond acceptors (Lipinski definition) is 6. The first kappa shape index (κ1) is 24.4. The molecule has 0 bridgehead atoms. The average molecular weight is 522 g/mol. The maximum absolute atomic E-state index is 13.2. The molecule has 0 saturated carbocycles. The lowest BCUT2D eigenvalue weighted by Crippen LogP contribution is -2.45. The minimum atomic E-state index is -0.930. The topological polar surface area (TPSA) is 70.2 Å². The number of benzene rings is 3. The van der Waals surface area contributed by atoms with Gasteiger partial charge in [-0.1, -0.05) is 60.1 Å². The van der Waals surface area contributed by atoms with Crippen LogP contribution in [0.15, 0.2) is 78.9 Å². The fourth-order valence-electron chi connectivity index (χ4n) is 4.35. The van der Waals surface area contributed by atoms with Gasteiger partial charge in [0.05, 0.1) is 24.5 Å². The summed E-state index contributed by atoms with van der Waals surface area (Å²) in [5, 5.41) is -0.128. The molecule has 2 heterocycles. The number of carbonyl (C=O) groups is 3. The van der Waals surface area contributed by atoms with Crippen LogP contribution in [0, 0.1) is 0 Å². The first-order valence-electron chi connectivity index (χ1n) is 11.6. The minimum absolute atomic E-state index is 0.104. The van der Waals surface area contributed by atoms with Crippen LogP contribution in [0.25, 0.3) is 0 Å². The number of ether oxygens (including phenoxy) is 1. The first-order valence-corrected chi connectivity index (χ1v) is 12.8. The van der Waals surface area contributed by atoms with Gasteiger partial charge in [-0.15, -0.1) is 0 Å². The summed E-state index contributed by atoms with van der Waals surface area (Å²) in [6.07, 6.45) is -0.424. The summed E-state index contributed by atoms with van der Waals surface area (Å²) in [4.78, 5) is 43.3. The molecule has 1 atom stereocenters. The van der Waals surface area contributed by atoms with Crippen molar-refractivity contribution in [2.45, 2.75) is 19.2 Å². The van der Waals surface area contributed by atoms with E-state index in [0.717, 1.165) is 16.9 Å². The van der Waals surface area contributed by atoms with Gasteiger partial charge in [0.2, 0.25) is 11.3 Å². The summed E-state index contributed by atoms with van der Waals surface area (Å²) in [7, 11) is 0. The Morgan fingerprint density at radius 3 is 2.42 bits per heavy atom. The molecule has 2 aliphatic rings. The maximum atomic E-state index is 13.2. The Bertz CT molecular complexity index is 1270. The van der Waals surface area contributed by atoms with Crippen molar-refractivity contribution >= 4 is 51.0 Å². The number of rotatable bonds is 8. The van der Waals surface area contributed by atoms with Crippen LogP contribution in [0.3, 0.4) is 0 Å². The summed E-state index contributed by atoms with van der Waals surface area (Å²) >= 11 is 6.88. The largest absolute Gasteiger partial charge is 0.350 e. The van der Waals surface area contributed by atoms with E-state index >= 15 is 0 Å². The third-order valence-corrected chi connectivity index (χ3v) is 7.15. The molecule has 3 aromatic rings. The summed E-state index contributed by atoms with van der Waals surface area (Å²) in [6, 6.07) is 24.7. The van der Waals surface area contributed by atoms with Gasteiger partial charge in [0.15, 0.2) is 0 Å². The lowest BCUT2D eigenvalue weighted by Gasteiger charge is -2.38. The van der Waals surface area contributed by atoms with Gasteiger partial charge in [0, 0.05) is 35.6 Å². The Balaban J connectivity index is 1.24. The van der Waals surface area contributed by atoms with Gasteiger partial charge in [-0.3, -0.25) is 19.3 Å². The Kier molecular flexibility index (Phi) is 7.27. The SMILES string of the molecule is O=C1SC(=O)N(Cc2ccccc2)C1OCCCN1CN(c2ccccc2)c2ccc(Cl)cc2C1=O. The van der Waals surface area contributed by atoms with E-state index in [1.165, 1.54) is 4.90 Å². The standard InChI is InChI=1S/C27H24ClN3O4S/c28-20-12-13-23-22(16-20)24(32)29(18-31(23)21-10-5-2-6-11-21)14-7-15-35-25-26(33)36-27(34)30(25)17-19-8-3-1-4-9-19/h1-6,8-13,16,25H,7,14-15,17-18H2. The van der Waals surface area contributed by atoms with Crippen molar-refractivity contribution in [1.82, 2.24) is 9.80 Å². The number of para-hydroxylation sites is 1. The molecule has 1 saturated heterocycles. The van der Waals surface area contributed by atoms with Crippen LogP contribution in [0.5, 0.6) is 0 Å². The first-order chi connectivity index (χ1) is 17.5. The summed E-state index contributed by atoms with van der Waals surface area (Å²) < 4.78 is 5.86. The number of carbonyl (C=O) groups excluding carboxylic acids is 3. The van der Waals surface area contributed by atoms with Crippen LogP contribution in [-0.2, 0) is 16.1 Å². The van der Waals surface area contributed by atoms with E-state index in [9.17, 15) is 14.4 Å². The quantitative estimate of drug-likeness (QED) is 0.363. The monoisotopic (exact) mass is 521 g/mol. The normalized spacial score (nSPS) is 17.6. The molecule has 7 nitrogen and oxygen atoms in total. The predicted octanol–water partition coefficient (Wildman–Crippen LogP) is 5.52. The second-order valence-electron chi connectivity index (χ2n) is 8.51. The highest BCUT2D eigenvalue weighted by molar-refractivity contribution is 8.26. The zero-order valence-electron chi connectivity index (χ0n) is 19.4. The Hall–Kier alpha value is -3.33. The lowest BCUT2D eigenvalue weighted by atomic mass is 10.1. The van der Waals surface area contributed by atoms with Gasteiger partial charge in [0.25, 0.3) is 11.1 Å². The molecule has 0 aromatic heterocycles. The molecule has 0 spiro atoms. The average Bonchev–Trinajstić information content (AvgIpc) is 3.16. The fourth-order valence-corrected chi connectivity index (χ4v) is 5.27. The highest BCUT2D eigenvalue weighted by Crippen LogP contribution is 2.35. The zero-order chi connectivity index (χ0) is 25.1. The summed E-state index contributed by atoms with van der Waals surface area (Å²) in [6.45, 7) is 1.34. The Labute approximate surface area is 218 Å². The van der Waals surface area contributed by atoms with Crippen molar-refractivity contribution in [2.24, 2.45) is 0 Å². The molecular weight excluding hydrogens is 498 g/mol. The molecule has 0 radical (unpaired) electrons. The van der Waals surface area contributed by atoms with E-state index in [0.29, 0.717) is 48.5 Å². The van der Waals surface area contributed by atoms with Crippen LogP contribution >= 0.6 is 23.4 Å². The zero-order valence-corrected chi connectivity index (χ0v) is 21.0. The second kappa shape index (κ2) is 10.7. The Morgan fingerprint density at radius 1 is 0.944 bits per heavy atom. The van der Waals surface area contributed by atoms with Crippen molar-refractivity contribution < 1.29 is 19.1 Å². The number of halogens is 1. The molecule has 2 amide bonds. The van der Waals surface area contributed by atoms with E-state index in [1.807, 2.05) is 66.7 Å². The van der Waals surface area contributed by atoms with E-state index in [1.54, 1.807) is 17.0 Å². The molecule has 1 fully saturated rings. The van der Waals surface area contributed by atoms with E-state index in [2.05, 4.69) is 4.90 Å². The molecule has 5 rings (SSSR count). The van der Waals surface area contributed by atoms with Gasteiger partial charge in [-0.2, -0.15) is 0 Å². The molecule has 1 unspecified atom stereocenters. The van der Waals surface area contributed by atoms with Gasteiger partial charge >= 0.3 is 0 Å². The second-order valence-corrected chi connectivity index (χ2v) is 9.90. The lowest BCUT2D eigenvalue weighted by molar-refractivity contribution is -0.129. The van der Waals surface area contributed by atoms with Crippen LogP contribution in [-0.4, -0.2) is 52.1 Å². The highest BCUT2D eigenvalue weighted by Gasteiger charge is 2.40. The number of nitrogens with zero attached hydrogens (tertiary/aromatic N) is 3. The van der Waals surface area contributed by atoms with Gasteiger partial charge < -0.3 is 14.5 Å². The van der Waals surface area contributed by atoms with Gasteiger partial charge in [-0.25, -0.2) is 0 Å². The number of fused-ring (bicyclic) bond motifs is 1. The summed E-state index contributed by atoms with van der Waals surface area (Å²) in [5.74, 6) is -0.104. The number of thioether (sulfide) groups is 1. The highest BCUT2D eigenvalue weighted by atomic mass is 35.5. The molecule has 0 aliphatic carbocycles. The minimum Gasteiger partial charge on any atom is -0.350 e. The van der Waals surface area contributed by atoms with E-state index in [-0.39, 0.29) is 22.9 Å². The van der Waals surface area contributed by atoms with Crippen molar-refractivity contribution in [3.63, 3.8) is 0 Å². The van der Waals surface area contributed by atoms with Crippen LogP contribution in [0.2, 0.25) is 5.02 Å². The molecule has 0 N–H and O–H groups in total. The van der Waals surface area contributed by atoms with Gasteiger partial charge in [-0.05, 0) is 42.3 Å². The van der Waals surface area contributed by atoms with Crippen molar-refractivity contribution in [3.05, 3.63) is 95.0 Å². The third-order valence-electron chi connectivity index (χ3n) is 6.10. The number of hydrogen-bond donors (Lipinski definition) is 0. The summed E-state index contributed by atoms with van der Waals surface area (Å²) in [5.41, 5.74) is 3.25. The molecule has 2 aliphatic heterocycles. The number of anilines is 2.